The fraction of sp³-hybridized carbons (Fsp3) is 0.250. The molecule has 0 fully saturated rings. The molecule has 12 heavy (non-hydrogen) atoms. The number of nitrogen functional groups attached to an aromatic ring is 1. The highest BCUT2D eigenvalue weighted by molar-refractivity contribution is 9.10. The summed E-state index contributed by atoms with van der Waals surface area (Å²) in [5.41, 5.74) is 6.75. The molecule has 0 saturated carbocycles. The van der Waals surface area contributed by atoms with Gasteiger partial charge in [0, 0.05) is 17.1 Å². The Bertz CT molecular complexity index is 278. The monoisotopic (exact) mass is 231 g/mol. The van der Waals surface area contributed by atoms with Gasteiger partial charge in [-0.15, -0.1) is 0 Å². The van der Waals surface area contributed by atoms with Gasteiger partial charge in [-0.25, -0.2) is 0 Å². The quantitative estimate of drug-likeness (QED) is 0.602. The number of methoxy groups -OCH3 is 1. The Morgan fingerprint density at radius 2 is 2.25 bits per heavy atom. The molecular formula is C8H10BrNO2. The van der Waals surface area contributed by atoms with Crippen molar-refractivity contribution in [3.8, 4) is 0 Å². The van der Waals surface area contributed by atoms with Gasteiger partial charge in [0.2, 0.25) is 0 Å². The molecule has 1 atom stereocenters. The van der Waals surface area contributed by atoms with Crippen LogP contribution in [0.1, 0.15) is 11.9 Å². The van der Waals surface area contributed by atoms with Crippen molar-refractivity contribution in [2.75, 3.05) is 12.8 Å². The average molecular weight is 232 g/mol. The maximum atomic E-state index is 9.31. The summed E-state index contributed by atoms with van der Waals surface area (Å²) in [5.74, 6) is 0. The summed E-state index contributed by atoms with van der Waals surface area (Å²) in [5, 5.41) is 9.31. The maximum absolute atomic E-state index is 9.31. The largest absolute Gasteiger partial charge is 0.397 e. The number of hydrogen-bond donors (Lipinski definition) is 2. The van der Waals surface area contributed by atoms with E-state index in [0.29, 0.717) is 11.3 Å². The van der Waals surface area contributed by atoms with Crippen LogP contribution in [0.25, 0.3) is 0 Å². The van der Waals surface area contributed by atoms with Crippen molar-refractivity contribution in [1.82, 2.24) is 0 Å². The van der Waals surface area contributed by atoms with Gasteiger partial charge in [-0.05, 0) is 22.0 Å². The Kier molecular flexibility index (Phi) is 3.08. The summed E-state index contributed by atoms with van der Waals surface area (Å²) in [6.07, 6.45) is -0.956. The molecule has 1 aromatic rings. The van der Waals surface area contributed by atoms with Crippen molar-refractivity contribution in [2.45, 2.75) is 6.29 Å². The molecule has 3 N–H and O–H groups in total. The molecule has 0 amide bonds. The van der Waals surface area contributed by atoms with Gasteiger partial charge in [0.15, 0.2) is 6.29 Å². The molecule has 0 spiro atoms. The van der Waals surface area contributed by atoms with Crippen molar-refractivity contribution in [3.05, 3.63) is 28.2 Å². The normalized spacial score (nSPS) is 12.9. The molecule has 0 aliphatic rings. The molecule has 66 valence electrons. The third kappa shape index (κ3) is 1.77. The van der Waals surface area contributed by atoms with Gasteiger partial charge in [-0.3, -0.25) is 0 Å². The van der Waals surface area contributed by atoms with Crippen LogP contribution in [-0.4, -0.2) is 12.2 Å². The fourth-order valence-corrected chi connectivity index (χ4v) is 1.28. The van der Waals surface area contributed by atoms with Crippen LogP contribution in [-0.2, 0) is 4.74 Å². The molecule has 0 aliphatic carbocycles. The van der Waals surface area contributed by atoms with Gasteiger partial charge < -0.3 is 15.6 Å². The van der Waals surface area contributed by atoms with Crippen LogP contribution in [0, 0.1) is 0 Å². The van der Waals surface area contributed by atoms with E-state index in [1.165, 1.54) is 7.11 Å². The summed E-state index contributed by atoms with van der Waals surface area (Å²) in [7, 11) is 1.42. The summed E-state index contributed by atoms with van der Waals surface area (Å²) in [6.45, 7) is 0. The van der Waals surface area contributed by atoms with Gasteiger partial charge in [-0.2, -0.15) is 0 Å². The average Bonchev–Trinajstić information content (AvgIpc) is 2.08. The molecule has 1 unspecified atom stereocenters. The van der Waals surface area contributed by atoms with E-state index in [1.54, 1.807) is 18.2 Å². The lowest BCUT2D eigenvalue weighted by molar-refractivity contribution is -0.0764. The maximum Gasteiger partial charge on any atom is 0.182 e. The third-order valence-corrected chi connectivity index (χ3v) is 2.27. The van der Waals surface area contributed by atoms with Crippen molar-refractivity contribution in [2.24, 2.45) is 0 Å². The molecule has 0 bridgehead atoms. The van der Waals surface area contributed by atoms with Gasteiger partial charge in [-0.1, -0.05) is 12.1 Å². The SMILES string of the molecule is COC(O)c1cccc(Br)c1N. The lowest BCUT2D eigenvalue weighted by Crippen LogP contribution is -2.03. The fourth-order valence-electron chi connectivity index (χ4n) is 0.896. The van der Waals surface area contributed by atoms with Crippen LogP contribution in [0.3, 0.4) is 0 Å². The molecule has 1 aromatic carbocycles. The Balaban J connectivity index is 3.07. The molecule has 0 saturated heterocycles. The molecule has 0 heterocycles. The first-order valence-corrected chi connectivity index (χ1v) is 4.21. The van der Waals surface area contributed by atoms with Crippen LogP contribution >= 0.6 is 15.9 Å². The number of hydrogen-bond acceptors (Lipinski definition) is 3. The topological polar surface area (TPSA) is 55.5 Å². The predicted octanol–water partition coefficient (Wildman–Crippen LogP) is 1.67. The van der Waals surface area contributed by atoms with Gasteiger partial charge in [0.05, 0.1) is 5.69 Å². The number of anilines is 1. The zero-order valence-corrected chi connectivity index (χ0v) is 8.21. The van der Waals surface area contributed by atoms with Gasteiger partial charge in [0.25, 0.3) is 0 Å². The Morgan fingerprint density at radius 3 is 2.83 bits per heavy atom. The van der Waals surface area contributed by atoms with E-state index >= 15 is 0 Å². The first kappa shape index (κ1) is 9.51. The van der Waals surface area contributed by atoms with Gasteiger partial charge >= 0.3 is 0 Å². The summed E-state index contributed by atoms with van der Waals surface area (Å²) in [4.78, 5) is 0. The van der Waals surface area contributed by atoms with Crippen LogP contribution < -0.4 is 5.73 Å². The smallest absolute Gasteiger partial charge is 0.182 e. The molecule has 0 aromatic heterocycles. The van der Waals surface area contributed by atoms with E-state index < -0.39 is 6.29 Å². The number of para-hydroxylation sites is 1. The van der Waals surface area contributed by atoms with Crippen molar-refractivity contribution < 1.29 is 9.84 Å². The number of nitrogens with two attached hydrogens (primary N) is 1. The number of halogens is 1. The minimum absolute atomic E-state index is 0.506. The second-order valence-electron chi connectivity index (χ2n) is 2.33. The highest BCUT2D eigenvalue weighted by atomic mass is 79.9. The van der Waals surface area contributed by atoms with E-state index in [1.807, 2.05) is 0 Å². The second-order valence-corrected chi connectivity index (χ2v) is 3.19. The van der Waals surface area contributed by atoms with E-state index in [-0.39, 0.29) is 0 Å². The second kappa shape index (κ2) is 3.89. The standard InChI is InChI=1S/C8H10BrNO2/c1-12-8(11)5-3-2-4-6(9)7(5)10/h2-4,8,11H,10H2,1H3. The van der Waals surface area contributed by atoms with Crippen molar-refractivity contribution >= 4 is 21.6 Å². The minimum atomic E-state index is -0.956. The van der Waals surface area contributed by atoms with Crippen molar-refractivity contribution in [1.29, 1.82) is 0 Å². The Labute approximate surface area is 79.3 Å². The first-order valence-electron chi connectivity index (χ1n) is 3.41. The van der Waals surface area contributed by atoms with Gasteiger partial charge in [0.1, 0.15) is 0 Å². The lowest BCUT2D eigenvalue weighted by Gasteiger charge is -2.11. The third-order valence-electron chi connectivity index (χ3n) is 1.58. The Hall–Kier alpha value is -0.580. The van der Waals surface area contributed by atoms with Crippen LogP contribution in [0.2, 0.25) is 0 Å². The van der Waals surface area contributed by atoms with Crippen LogP contribution in [0.5, 0.6) is 0 Å². The molecule has 0 aliphatic heterocycles. The first-order chi connectivity index (χ1) is 5.66. The number of benzene rings is 1. The zero-order valence-electron chi connectivity index (χ0n) is 6.62. The molecular weight excluding hydrogens is 222 g/mol. The summed E-state index contributed by atoms with van der Waals surface area (Å²) in [6, 6.07) is 5.31. The zero-order chi connectivity index (χ0) is 9.14. The van der Waals surface area contributed by atoms with E-state index in [0.717, 1.165) is 4.47 Å². The molecule has 3 nitrogen and oxygen atoms in total. The number of aliphatic hydroxyl groups excluding tert-OH is 1. The van der Waals surface area contributed by atoms with E-state index in [2.05, 4.69) is 15.9 Å². The number of aliphatic hydroxyl groups is 1. The van der Waals surface area contributed by atoms with Crippen LogP contribution in [0.15, 0.2) is 22.7 Å². The minimum Gasteiger partial charge on any atom is -0.397 e. The molecule has 0 radical (unpaired) electrons. The predicted molar refractivity (Wildman–Crippen MR) is 50.5 cm³/mol. The van der Waals surface area contributed by atoms with E-state index in [4.69, 9.17) is 10.5 Å². The van der Waals surface area contributed by atoms with E-state index in [9.17, 15) is 5.11 Å². The highest BCUT2D eigenvalue weighted by Crippen LogP contribution is 2.27. The highest BCUT2D eigenvalue weighted by Gasteiger charge is 2.10. The number of rotatable bonds is 2. The van der Waals surface area contributed by atoms with Crippen LogP contribution in [0.4, 0.5) is 5.69 Å². The summed E-state index contributed by atoms with van der Waals surface area (Å²) >= 11 is 3.25. The summed E-state index contributed by atoms with van der Waals surface area (Å²) < 4.78 is 5.49. The van der Waals surface area contributed by atoms with Crippen molar-refractivity contribution in [3.63, 3.8) is 0 Å². The Morgan fingerprint density at radius 1 is 1.58 bits per heavy atom. The molecule has 1 rings (SSSR count). The lowest BCUT2D eigenvalue weighted by atomic mass is 10.2. The molecule has 4 heteroatoms. The number of ether oxygens (including phenoxy) is 1.